The molecular weight excluding hydrogens is 326 g/mol. The van der Waals surface area contributed by atoms with E-state index >= 15 is 0 Å². The molecule has 0 unspecified atom stereocenters. The van der Waals surface area contributed by atoms with Crippen LogP contribution >= 0.6 is 0 Å². The lowest BCUT2D eigenvalue weighted by Gasteiger charge is -2.26. The summed E-state index contributed by atoms with van der Waals surface area (Å²) in [5.41, 5.74) is 3.64. The van der Waals surface area contributed by atoms with Crippen molar-refractivity contribution in [3.8, 4) is 0 Å². The van der Waals surface area contributed by atoms with Crippen molar-refractivity contribution >= 4 is 17.4 Å². The molecule has 0 bridgehead atoms. The van der Waals surface area contributed by atoms with Gasteiger partial charge in [0.15, 0.2) is 0 Å². The van der Waals surface area contributed by atoms with E-state index < -0.39 is 6.09 Å². The third-order valence-corrected chi connectivity index (χ3v) is 4.03. The number of rotatable bonds is 8. The normalized spacial score (nSPS) is 11.0. The Bertz CT molecular complexity index is 738. The van der Waals surface area contributed by atoms with Crippen LogP contribution in [0.3, 0.4) is 0 Å². The van der Waals surface area contributed by atoms with Gasteiger partial charge in [0.1, 0.15) is 0 Å². The van der Waals surface area contributed by atoms with Crippen LogP contribution in [-0.4, -0.2) is 19.8 Å². The molecule has 0 aliphatic carbocycles. The van der Waals surface area contributed by atoms with Gasteiger partial charge in [0.25, 0.3) is 0 Å². The second-order valence-electron chi connectivity index (χ2n) is 7.09. The fourth-order valence-corrected chi connectivity index (χ4v) is 2.80. The molecule has 0 radical (unpaired) electrons. The minimum absolute atomic E-state index is 0.0791. The quantitative estimate of drug-likeness (QED) is 0.680. The molecule has 4 heteroatoms. The second-order valence-corrected chi connectivity index (χ2v) is 7.09. The summed E-state index contributed by atoms with van der Waals surface area (Å²) in [6.07, 6.45) is 0.262. The number of carbonyl (C=O) groups is 1. The predicted molar refractivity (Wildman–Crippen MR) is 106 cm³/mol. The van der Waals surface area contributed by atoms with Crippen molar-refractivity contribution < 1.29 is 14.3 Å². The Morgan fingerprint density at radius 2 is 1.73 bits per heavy atom. The number of anilines is 1. The van der Waals surface area contributed by atoms with Crippen LogP contribution in [-0.2, 0) is 16.1 Å². The van der Waals surface area contributed by atoms with E-state index in [2.05, 4.69) is 42.6 Å². The van der Waals surface area contributed by atoms with Gasteiger partial charge in [-0.2, -0.15) is 0 Å². The van der Waals surface area contributed by atoms with Crippen LogP contribution in [0.5, 0.6) is 0 Å². The molecule has 0 saturated carbocycles. The maximum Gasteiger partial charge on any atom is 0.411 e. The van der Waals surface area contributed by atoms with Gasteiger partial charge in [-0.05, 0) is 29.0 Å². The van der Waals surface area contributed by atoms with Crippen molar-refractivity contribution in [1.29, 1.82) is 0 Å². The SMILES string of the molecule is C=C(CC(C)(C)COCc1ccccc1)c1ccccc1NC(=O)OC. The molecule has 0 aliphatic heterocycles. The Labute approximate surface area is 155 Å². The number of hydrogen-bond acceptors (Lipinski definition) is 3. The average molecular weight is 353 g/mol. The monoisotopic (exact) mass is 353 g/mol. The molecule has 0 fully saturated rings. The van der Waals surface area contributed by atoms with Gasteiger partial charge in [-0.3, -0.25) is 5.32 Å². The van der Waals surface area contributed by atoms with Crippen LogP contribution in [0.25, 0.3) is 5.57 Å². The summed E-state index contributed by atoms with van der Waals surface area (Å²) in [5, 5.41) is 2.74. The molecule has 0 aliphatic rings. The molecular formula is C22H27NO3. The predicted octanol–water partition coefficient (Wildman–Crippen LogP) is 5.51. The van der Waals surface area contributed by atoms with E-state index in [4.69, 9.17) is 4.74 Å². The Kier molecular flexibility index (Phi) is 6.98. The standard InChI is InChI=1S/C22H27NO3/c1-17(19-12-8-9-13-20(19)23-21(24)25-4)14-22(2,3)16-26-15-18-10-6-5-7-11-18/h5-13H,1,14-16H2,2-4H3,(H,23,24). The zero-order valence-electron chi connectivity index (χ0n) is 15.7. The third-order valence-electron chi connectivity index (χ3n) is 4.03. The topological polar surface area (TPSA) is 47.6 Å². The summed E-state index contributed by atoms with van der Waals surface area (Å²) in [6, 6.07) is 17.7. The minimum atomic E-state index is -0.490. The molecule has 0 aromatic heterocycles. The second kappa shape index (κ2) is 9.20. The molecule has 2 aromatic carbocycles. The number of hydrogen-bond donors (Lipinski definition) is 1. The molecule has 4 nitrogen and oxygen atoms in total. The first-order valence-electron chi connectivity index (χ1n) is 8.65. The van der Waals surface area contributed by atoms with Crippen molar-refractivity contribution in [2.75, 3.05) is 19.0 Å². The van der Waals surface area contributed by atoms with Gasteiger partial charge in [-0.25, -0.2) is 4.79 Å². The number of amides is 1. The lowest BCUT2D eigenvalue weighted by molar-refractivity contribution is 0.0537. The van der Waals surface area contributed by atoms with Gasteiger partial charge >= 0.3 is 6.09 Å². The van der Waals surface area contributed by atoms with Crippen LogP contribution in [0.15, 0.2) is 61.2 Å². The maximum absolute atomic E-state index is 11.5. The van der Waals surface area contributed by atoms with Crippen molar-refractivity contribution in [1.82, 2.24) is 0 Å². The Hall–Kier alpha value is -2.59. The van der Waals surface area contributed by atoms with E-state index in [1.165, 1.54) is 7.11 Å². The largest absolute Gasteiger partial charge is 0.453 e. The number of carbonyl (C=O) groups excluding carboxylic acids is 1. The molecule has 0 heterocycles. The number of para-hydroxylation sites is 1. The van der Waals surface area contributed by atoms with E-state index in [1.54, 1.807) is 0 Å². The molecule has 1 N–H and O–H groups in total. The van der Waals surface area contributed by atoms with Gasteiger partial charge in [0, 0.05) is 5.56 Å². The number of allylic oxidation sites excluding steroid dienone is 1. The van der Waals surface area contributed by atoms with Crippen molar-refractivity contribution in [2.24, 2.45) is 5.41 Å². The lowest BCUT2D eigenvalue weighted by atomic mass is 9.84. The first-order valence-corrected chi connectivity index (χ1v) is 8.65. The van der Waals surface area contributed by atoms with Crippen LogP contribution in [0.4, 0.5) is 10.5 Å². The number of benzene rings is 2. The molecule has 0 spiro atoms. The lowest BCUT2D eigenvalue weighted by Crippen LogP contribution is -2.20. The van der Waals surface area contributed by atoms with Crippen LogP contribution in [0.2, 0.25) is 0 Å². The molecule has 2 aromatic rings. The first-order chi connectivity index (χ1) is 12.4. The summed E-state index contributed by atoms with van der Waals surface area (Å²) in [5.74, 6) is 0. The first kappa shape index (κ1) is 19.7. The molecule has 2 rings (SSSR count). The fraction of sp³-hybridized carbons (Fsp3) is 0.318. The fourth-order valence-electron chi connectivity index (χ4n) is 2.80. The van der Waals surface area contributed by atoms with Crippen LogP contribution < -0.4 is 5.32 Å². The van der Waals surface area contributed by atoms with E-state index in [0.29, 0.717) is 18.9 Å². The third kappa shape index (κ3) is 6.05. The number of ether oxygens (including phenoxy) is 2. The van der Waals surface area contributed by atoms with Crippen LogP contribution in [0, 0.1) is 5.41 Å². The maximum atomic E-state index is 11.5. The van der Waals surface area contributed by atoms with E-state index in [-0.39, 0.29) is 5.41 Å². The molecule has 0 atom stereocenters. The van der Waals surface area contributed by atoms with E-state index in [0.717, 1.165) is 23.1 Å². The highest BCUT2D eigenvalue weighted by molar-refractivity contribution is 5.89. The summed E-state index contributed by atoms with van der Waals surface area (Å²) in [6.45, 7) is 9.74. The molecule has 138 valence electrons. The van der Waals surface area contributed by atoms with Gasteiger partial charge in [-0.15, -0.1) is 0 Å². The van der Waals surface area contributed by atoms with E-state index in [9.17, 15) is 4.79 Å². The highest BCUT2D eigenvalue weighted by Crippen LogP contribution is 2.33. The van der Waals surface area contributed by atoms with E-state index in [1.807, 2.05) is 42.5 Å². The zero-order chi connectivity index (χ0) is 19.0. The average Bonchev–Trinajstić information content (AvgIpc) is 2.62. The van der Waals surface area contributed by atoms with Crippen molar-refractivity contribution in [2.45, 2.75) is 26.9 Å². The molecule has 0 saturated heterocycles. The van der Waals surface area contributed by atoms with Crippen molar-refractivity contribution in [3.63, 3.8) is 0 Å². The summed E-state index contributed by atoms with van der Waals surface area (Å²) >= 11 is 0. The summed E-state index contributed by atoms with van der Waals surface area (Å²) in [7, 11) is 1.35. The van der Waals surface area contributed by atoms with Gasteiger partial charge < -0.3 is 9.47 Å². The Morgan fingerprint density at radius 1 is 1.08 bits per heavy atom. The number of nitrogens with one attached hydrogen (secondary N) is 1. The molecule has 1 amide bonds. The highest BCUT2D eigenvalue weighted by Gasteiger charge is 2.21. The van der Waals surface area contributed by atoms with Crippen molar-refractivity contribution in [3.05, 3.63) is 72.3 Å². The summed E-state index contributed by atoms with van der Waals surface area (Å²) < 4.78 is 10.6. The van der Waals surface area contributed by atoms with Gasteiger partial charge in [-0.1, -0.05) is 69.0 Å². The Morgan fingerprint density at radius 3 is 2.42 bits per heavy atom. The molecule has 26 heavy (non-hydrogen) atoms. The smallest absolute Gasteiger partial charge is 0.411 e. The highest BCUT2D eigenvalue weighted by atomic mass is 16.5. The number of methoxy groups -OCH3 is 1. The zero-order valence-corrected chi connectivity index (χ0v) is 15.7. The van der Waals surface area contributed by atoms with Gasteiger partial charge in [0.2, 0.25) is 0 Å². The summed E-state index contributed by atoms with van der Waals surface area (Å²) in [4.78, 5) is 11.5. The minimum Gasteiger partial charge on any atom is -0.453 e. The van der Waals surface area contributed by atoms with Crippen LogP contribution in [0.1, 0.15) is 31.4 Å². The Balaban J connectivity index is 1.96. The van der Waals surface area contributed by atoms with Gasteiger partial charge in [0.05, 0.1) is 26.0 Å².